The van der Waals surface area contributed by atoms with E-state index in [0.29, 0.717) is 16.2 Å². The number of rotatable bonds is 3. The monoisotopic (exact) mass is 314 g/mol. The van der Waals surface area contributed by atoms with Crippen molar-refractivity contribution in [2.24, 2.45) is 0 Å². The first-order chi connectivity index (χ1) is 8.08. The van der Waals surface area contributed by atoms with Crippen LogP contribution in [0, 0.1) is 0 Å². The maximum atomic E-state index is 10.8. The quantitative estimate of drug-likeness (QED) is 0.947. The molecule has 0 unspecified atom stereocenters. The molecular weight excluding hydrogens is 307 g/mol. The van der Waals surface area contributed by atoms with Crippen LogP contribution in [-0.4, -0.2) is 20.6 Å². The van der Waals surface area contributed by atoms with Crippen molar-refractivity contribution in [3.63, 3.8) is 0 Å². The summed E-state index contributed by atoms with van der Waals surface area (Å²) in [7, 11) is 0. The van der Waals surface area contributed by atoms with E-state index in [1.54, 1.807) is 35.3 Å². The second kappa shape index (κ2) is 4.89. The normalized spacial score (nSPS) is 10.5. The SMILES string of the molecule is O=C(O)c1cc(Br)n(Cc2ccncc2Cl)c1. The smallest absolute Gasteiger partial charge is 0.337 e. The maximum absolute atomic E-state index is 10.8. The van der Waals surface area contributed by atoms with Crippen LogP contribution in [0.5, 0.6) is 0 Å². The molecule has 88 valence electrons. The molecule has 0 fully saturated rings. The first-order valence-corrected chi connectivity index (χ1v) is 5.92. The van der Waals surface area contributed by atoms with Gasteiger partial charge < -0.3 is 9.67 Å². The summed E-state index contributed by atoms with van der Waals surface area (Å²) in [5, 5.41) is 9.43. The van der Waals surface area contributed by atoms with E-state index in [9.17, 15) is 4.79 Å². The molecule has 0 amide bonds. The fourth-order valence-electron chi connectivity index (χ4n) is 1.43. The number of hydrogen-bond donors (Lipinski definition) is 1. The van der Waals surface area contributed by atoms with E-state index in [2.05, 4.69) is 20.9 Å². The number of carboxylic acids is 1. The van der Waals surface area contributed by atoms with Gasteiger partial charge in [-0.2, -0.15) is 0 Å². The van der Waals surface area contributed by atoms with Crippen LogP contribution in [0.4, 0.5) is 0 Å². The number of pyridine rings is 1. The zero-order valence-electron chi connectivity index (χ0n) is 8.60. The van der Waals surface area contributed by atoms with E-state index in [-0.39, 0.29) is 5.56 Å². The van der Waals surface area contributed by atoms with Crippen molar-refractivity contribution in [1.29, 1.82) is 0 Å². The molecule has 1 N–H and O–H groups in total. The van der Waals surface area contributed by atoms with Crippen molar-refractivity contribution in [2.75, 3.05) is 0 Å². The number of nitrogens with zero attached hydrogens (tertiary/aromatic N) is 2. The zero-order valence-corrected chi connectivity index (χ0v) is 10.9. The number of aromatic nitrogens is 2. The molecular formula is C11H8BrClN2O2. The van der Waals surface area contributed by atoms with Gasteiger partial charge >= 0.3 is 5.97 Å². The Morgan fingerprint density at radius 3 is 2.94 bits per heavy atom. The van der Waals surface area contributed by atoms with Crippen LogP contribution in [0.2, 0.25) is 5.02 Å². The van der Waals surface area contributed by atoms with Gasteiger partial charge in [-0.1, -0.05) is 11.6 Å². The summed E-state index contributed by atoms with van der Waals surface area (Å²) in [5.74, 6) is -0.953. The first kappa shape index (κ1) is 12.1. The summed E-state index contributed by atoms with van der Waals surface area (Å²) in [6.07, 6.45) is 4.77. The fourth-order valence-corrected chi connectivity index (χ4v) is 2.09. The van der Waals surface area contributed by atoms with Gasteiger partial charge in [0.1, 0.15) is 0 Å². The lowest BCUT2D eigenvalue weighted by atomic mass is 10.2. The summed E-state index contributed by atoms with van der Waals surface area (Å²) in [6, 6.07) is 3.35. The summed E-state index contributed by atoms with van der Waals surface area (Å²) in [4.78, 5) is 14.7. The van der Waals surface area contributed by atoms with Gasteiger partial charge in [0.25, 0.3) is 0 Å². The van der Waals surface area contributed by atoms with Crippen LogP contribution < -0.4 is 0 Å². The first-order valence-electron chi connectivity index (χ1n) is 4.75. The van der Waals surface area contributed by atoms with Gasteiger partial charge in [-0.05, 0) is 33.6 Å². The number of aromatic carboxylic acids is 1. The lowest BCUT2D eigenvalue weighted by Gasteiger charge is -2.06. The lowest BCUT2D eigenvalue weighted by molar-refractivity contribution is 0.0697. The number of halogens is 2. The van der Waals surface area contributed by atoms with Crippen molar-refractivity contribution in [3.05, 3.63) is 51.5 Å². The predicted molar refractivity (Wildman–Crippen MR) is 67.4 cm³/mol. The van der Waals surface area contributed by atoms with E-state index in [1.165, 1.54) is 0 Å². The van der Waals surface area contributed by atoms with Crippen LogP contribution in [0.3, 0.4) is 0 Å². The molecule has 2 heterocycles. The Balaban J connectivity index is 2.30. The summed E-state index contributed by atoms with van der Waals surface area (Å²) >= 11 is 9.30. The Labute approximate surface area is 111 Å². The number of hydrogen-bond acceptors (Lipinski definition) is 2. The fraction of sp³-hybridized carbons (Fsp3) is 0.0909. The average molecular weight is 316 g/mol. The molecule has 0 aliphatic rings. The van der Waals surface area contributed by atoms with Crippen molar-refractivity contribution in [3.8, 4) is 0 Å². The maximum Gasteiger partial charge on any atom is 0.337 e. The molecule has 0 spiro atoms. The third-order valence-electron chi connectivity index (χ3n) is 2.29. The summed E-state index contributed by atoms with van der Waals surface area (Å²) < 4.78 is 2.47. The van der Waals surface area contributed by atoms with Crippen molar-refractivity contribution < 1.29 is 9.90 Å². The molecule has 4 nitrogen and oxygen atoms in total. The third-order valence-corrected chi connectivity index (χ3v) is 3.31. The molecule has 6 heteroatoms. The second-order valence-electron chi connectivity index (χ2n) is 3.45. The Hall–Kier alpha value is -1.33. The molecule has 2 aromatic heterocycles. The Morgan fingerprint density at radius 2 is 2.35 bits per heavy atom. The molecule has 2 aromatic rings. The molecule has 0 aromatic carbocycles. The van der Waals surface area contributed by atoms with E-state index >= 15 is 0 Å². The van der Waals surface area contributed by atoms with Gasteiger partial charge in [0.15, 0.2) is 0 Å². The average Bonchev–Trinajstić information content (AvgIpc) is 2.64. The third kappa shape index (κ3) is 2.68. The number of carboxylic acid groups (broad SMARTS) is 1. The lowest BCUT2D eigenvalue weighted by Crippen LogP contribution is -2.00. The van der Waals surface area contributed by atoms with E-state index in [4.69, 9.17) is 16.7 Å². The highest BCUT2D eigenvalue weighted by molar-refractivity contribution is 9.10. The van der Waals surface area contributed by atoms with Crippen LogP contribution in [0.15, 0.2) is 35.3 Å². The highest BCUT2D eigenvalue weighted by atomic mass is 79.9. The summed E-state index contributed by atoms with van der Waals surface area (Å²) in [6.45, 7) is 0.495. The minimum atomic E-state index is -0.953. The number of carbonyl (C=O) groups is 1. The Bertz CT molecular complexity index is 568. The van der Waals surface area contributed by atoms with Crippen molar-refractivity contribution >= 4 is 33.5 Å². The molecule has 2 rings (SSSR count). The molecule has 0 radical (unpaired) electrons. The van der Waals surface area contributed by atoms with Gasteiger partial charge in [-0.15, -0.1) is 0 Å². The molecule has 0 atom stereocenters. The highest BCUT2D eigenvalue weighted by Gasteiger charge is 2.10. The molecule has 17 heavy (non-hydrogen) atoms. The zero-order chi connectivity index (χ0) is 12.4. The highest BCUT2D eigenvalue weighted by Crippen LogP contribution is 2.20. The van der Waals surface area contributed by atoms with Crippen molar-refractivity contribution in [2.45, 2.75) is 6.54 Å². The Morgan fingerprint density at radius 1 is 1.59 bits per heavy atom. The van der Waals surface area contributed by atoms with Gasteiger partial charge in [0.2, 0.25) is 0 Å². The topological polar surface area (TPSA) is 55.1 Å². The van der Waals surface area contributed by atoms with Crippen LogP contribution >= 0.6 is 27.5 Å². The van der Waals surface area contributed by atoms with Gasteiger partial charge in [0.05, 0.1) is 15.2 Å². The molecule has 0 aliphatic heterocycles. The minimum absolute atomic E-state index is 0.238. The largest absolute Gasteiger partial charge is 0.478 e. The molecule has 0 bridgehead atoms. The van der Waals surface area contributed by atoms with Crippen LogP contribution in [0.1, 0.15) is 15.9 Å². The van der Waals surface area contributed by atoms with E-state index < -0.39 is 5.97 Å². The van der Waals surface area contributed by atoms with E-state index in [1.807, 2.05) is 0 Å². The molecule has 0 aliphatic carbocycles. The standard InChI is InChI=1S/C11H8BrClN2O2/c12-10-3-8(11(16)17)6-15(10)5-7-1-2-14-4-9(7)13/h1-4,6H,5H2,(H,16,17). The van der Waals surface area contributed by atoms with Crippen LogP contribution in [-0.2, 0) is 6.54 Å². The molecule has 0 saturated heterocycles. The van der Waals surface area contributed by atoms with Gasteiger partial charge in [-0.25, -0.2) is 4.79 Å². The van der Waals surface area contributed by atoms with Crippen molar-refractivity contribution in [1.82, 2.24) is 9.55 Å². The summed E-state index contributed by atoms with van der Waals surface area (Å²) in [5.41, 5.74) is 1.12. The second-order valence-corrected chi connectivity index (χ2v) is 4.67. The molecule has 0 saturated carbocycles. The van der Waals surface area contributed by atoms with E-state index in [0.717, 1.165) is 5.56 Å². The predicted octanol–water partition coefficient (Wildman–Crippen LogP) is 3.05. The van der Waals surface area contributed by atoms with Gasteiger partial charge in [0, 0.05) is 25.1 Å². The minimum Gasteiger partial charge on any atom is -0.478 e. The van der Waals surface area contributed by atoms with Gasteiger partial charge in [-0.3, -0.25) is 4.98 Å². The Kier molecular flexibility index (Phi) is 3.49. The van der Waals surface area contributed by atoms with Crippen LogP contribution in [0.25, 0.3) is 0 Å².